The topological polar surface area (TPSA) is 75.7 Å². The lowest BCUT2D eigenvalue weighted by molar-refractivity contribution is -0.123. The second-order valence-electron chi connectivity index (χ2n) is 7.79. The fraction of sp³-hybridized carbons (Fsp3) is 0.115. The molecule has 35 heavy (non-hydrogen) atoms. The summed E-state index contributed by atoms with van der Waals surface area (Å²) in [6.07, 6.45) is 1.65. The SMILES string of the molecule is Cc1ccc(NC(=O)COc2ccc(/C=C3\SC(=O)N(Cc4ccc(Cl)c(Cl)c4)C3=O)cc2)cc1. The third-order valence-corrected chi connectivity index (χ3v) is 6.73. The van der Waals surface area contributed by atoms with Crippen LogP contribution in [0.4, 0.5) is 10.5 Å². The summed E-state index contributed by atoms with van der Waals surface area (Å²) in [6.45, 7) is 1.94. The molecule has 0 saturated carbocycles. The van der Waals surface area contributed by atoms with Crippen LogP contribution in [-0.4, -0.2) is 28.6 Å². The van der Waals surface area contributed by atoms with E-state index in [1.54, 1.807) is 48.5 Å². The summed E-state index contributed by atoms with van der Waals surface area (Å²) in [4.78, 5) is 38.8. The average molecular weight is 527 g/mol. The van der Waals surface area contributed by atoms with Crippen molar-refractivity contribution in [2.24, 2.45) is 0 Å². The number of amides is 3. The smallest absolute Gasteiger partial charge is 0.293 e. The van der Waals surface area contributed by atoms with Crippen LogP contribution in [0.3, 0.4) is 0 Å². The van der Waals surface area contributed by atoms with Gasteiger partial charge in [0.05, 0.1) is 21.5 Å². The predicted molar refractivity (Wildman–Crippen MR) is 140 cm³/mol. The van der Waals surface area contributed by atoms with Crippen LogP contribution >= 0.6 is 35.0 Å². The van der Waals surface area contributed by atoms with E-state index in [9.17, 15) is 14.4 Å². The highest BCUT2D eigenvalue weighted by Gasteiger charge is 2.35. The molecule has 1 heterocycles. The maximum Gasteiger partial charge on any atom is 0.293 e. The lowest BCUT2D eigenvalue weighted by Gasteiger charge is -2.12. The Morgan fingerprint density at radius 2 is 1.71 bits per heavy atom. The van der Waals surface area contributed by atoms with E-state index in [0.717, 1.165) is 22.9 Å². The zero-order valence-electron chi connectivity index (χ0n) is 18.6. The van der Waals surface area contributed by atoms with E-state index in [-0.39, 0.29) is 30.2 Å². The van der Waals surface area contributed by atoms with Gasteiger partial charge in [0.25, 0.3) is 17.1 Å². The summed E-state index contributed by atoms with van der Waals surface area (Å²) in [5.41, 5.74) is 3.24. The molecule has 0 atom stereocenters. The van der Waals surface area contributed by atoms with Gasteiger partial charge in [-0.3, -0.25) is 19.3 Å². The largest absolute Gasteiger partial charge is 0.484 e. The molecule has 1 fully saturated rings. The quantitative estimate of drug-likeness (QED) is 0.353. The summed E-state index contributed by atoms with van der Waals surface area (Å²) in [5, 5.41) is 3.19. The van der Waals surface area contributed by atoms with Gasteiger partial charge in [0.1, 0.15) is 5.75 Å². The number of thioether (sulfide) groups is 1. The number of anilines is 1. The van der Waals surface area contributed by atoms with Crippen molar-refractivity contribution in [3.63, 3.8) is 0 Å². The van der Waals surface area contributed by atoms with Crippen LogP contribution in [-0.2, 0) is 16.1 Å². The van der Waals surface area contributed by atoms with Crippen molar-refractivity contribution in [1.82, 2.24) is 4.90 Å². The third-order valence-electron chi connectivity index (χ3n) is 5.08. The number of carbonyl (C=O) groups is 3. The summed E-state index contributed by atoms with van der Waals surface area (Å²) in [6, 6.07) is 19.4. The van der Waals surface area contributed by atoms with Crippen molar-refractivity contribution < 1.29 is 19.1 Å². The van der Waals surface area contributed by atoms with E-state index in [2.05, 4.69) is 5.32 Å². The number of carbonyl (C=O) groups excluding carboxylic acids is 3. The highest BCUT2D eigenvalue weighted by Crippen LogP contribution is 2.34. The van der Waals surface area contributed by atoms with E-state index in [0.29, 0.717) is 32.0 Å². The molecule has 1 aliphatic heterocycles. The zero-order chi connectivity index (χ0) is 24.9. The maximum atomic E-state index is 12.8. The molecule has 4 rings (SSSR count). The van der Waals surface area contributed by atoms with Gasteiger partial charge >= 0.3 is 0 Å². The summed E-state index contributed by atoms with van der Waals surface area (Å²) < 4.78 is 5.54. The minimum Gasteiger partial charge on any atom is -0.484 e. The molecule has 0 spiro atoms. The van der Waals surface area contributed by atoms with Gasteiger partial charge in [0, 0.05) is 5.69 Å². The second kappa shape index (κ2) is 11.0. The molecule has 0 bridgehead atoms. The van der Waals surface area contributed by atoms with Gasteiger partial charge < -0.3 is 10.1 Å². The van der Waals surface area contributed by atoms with Crippen molar-refractivity contribution >= 4 is 63.8 Å². The van der Waals surface area contributed by atoms with Gasteiger partial charge in [0.2, 0.25) is 0 Å². The van der Waals surface area contributed by atoms with Crippen LogP contribution in [0, 0.1) is 6.92 Å². The summed E-state index contributed by atoms with van der Waals surface area (Å²) in [7, 11) is 0. The standard InChI is InChI=1S/C26H20Cl2N2O4S/c1-16-2-7-19(8-3-16)29-24(31)15-34-20-9-4-17(5-10-20)13-23-25(32)30(26(33)35-23)14-18-6-11-21(27)22(28)12-18/h2-13H,14-15H2,1H3,(H,29,31)/b23-13-. The third kappa shape index (κ3) is 6.45. The van der Waals surface area contributed by atoms with Crippen LogP contribution in [0.5, 0.6) is 5.75 Å². The average Bonchev–Trinajstić information content (AvgIpc) is 3.09. The monoisotopic (exact) mass is 526 g/mol. The Morgan fingerprint density at radius 3 is 2.40 bits per heavy atom. The number of halogens is 2. The molecule has 1 aliphatic rings. The first-order valence-electron chi connectivity index (χ1n) is 10.6. The lowest BCUT2D eigenvalue weighted by Crippen LogP contribution is -2.27. The Hall–Kier alpha value is -3.26. The normalized spacial score (nSPS) is 14.5. The number of ether oxygens (including phenoxy) is 1. The Morgan fingerprint density at radius 1 is 1.00 bits per heavy atom. The highest BCUT2D eigenvalue weighted by atomic mass is 35.5. The molecule has 9 heteroatoms. The van der Waals surface area contributed by atoms with Crippen LogP contribution in [0.1, 0.15) is 16.7 Å². The summed E-state index contributed by atoms with van der Waals surface area (Å²) in [5.74, 6) is -0.137. The second-order valence-corrected chi connectivity index (χ2v) is 9.60. The van der Waals surface area contributed by atoms with Gasteiger partial charge in [0.15, 0.2) is 6.61 Å². The van der Waals surface area contributed by atoms with Crippen LogP contribution in [0.25, 0.3) is 6.08 Å². The van der Waals surface area contributed by atoms with Crippen molar-refractivity contribution in [2.45, 2.75) is 13.5 Å². The number of imide groups is 1. The molecule has 3 aromatic carbocycles. The number of aryl methyl sites for hydroxylation is 1. The Bertz CT molecular complexity index is 1310. The molecule has 0 unspecified atom stereocenters. The molecule has 0 aromatic heterocycles. The van der Waals surface area contributed by atoms with Gasteiger partial charge in [-0.2, -0.15) is 0 Å². The minimum absolute atomic E-state index is 0.107. The number of hydrogen-bond acceptors (Lipinski definition) is 5. The maximum absolute atomic E-state index is 12.8. The molecule has 1 saturated heterocycles. The molecular weight excluding hydrogens is 507 g/mol. The number of nitrogens with zero attached hydrogens (tertiary/aromatic N) is 1. The molecule has 1 N–H and O–H groups in total. The van der Waals surface area contributed by atoms with E-state index in [1.165, 1.54) is 4.90 Å². The van der Waals surface area contributed by atoms with Crippen molar-refractivity contribution in [1.29, 1.82) is 0 Å². The van der Waals surface area contributed by atoms with Gasteiger partial charge in [-0.15, -0.1) is 0 Å². The summed E-state index contributed by atoms with van der Waals surface area (Å²) >= 11 is 12.8. The highest BCUT2D eigenvalue weighted by molar-refractivity contribution is 8.18. The number of hydrogen-bond donors (Lipinski definition) is 1. The van der Waals surface area contributed by atoms with Crippen LogP contribution in [0.2, 0.25) is 10.0 Å². The number of benzene rings is 3. The number of rotatable bonds is 7. The zero-order valence-corrected chi connectivity index (χ0v) is 20.9. The van der Waals surface area contributed by atoms with Gasteiger partial charge in [-0.05, 0) is 72.3 Å². The van der Waals surface area contributed by atoms with E-state index >= 15 is 0 Å². The van der Waals surface area contributed by atoms with E-state index in [1.807, 2.05) is 31.2 Å². The first-order valence-corrected chi connectivity index (χ1v) is 12.1. The molecule has 3 amide bonds. The fourth-order valence-electron chi connectivity index (χ4n) is 3.25. The first kappa shape index (κ1) is 24.9. The van der Waals surface area contributed by atoms with Crippen LogP contribution < -0.4 is 10.1 Å². The van der Waals surface area contributed by atoms with Crippen molar-refractivity contribution in [3.05, 3.63) is 98.4 Å². The molecule has 178 valence electrons. The fourth-order valence-corrected chi connectivity index (χ4v) is 4.41. The molecule has 3 aromatic rings. The number of nitrogens with one attached hydrogen (secondary N) is 1. The van der Waals surface area contributed by atoms with E-state index < -0.39 is 0 Å². The van der Waals surface area contributed by atoms with Crippen LogP contribution in [0.15, 0.2) is 71.6 Å². The first-order chi connectivity index (χ1) is 16.8. The van der Waals surface area contributed by atoms with E-state index in [4.69, 9.17) is 27.9 Å². The Kier molecular flexibility index (Phi) is 7.80. The van der Waals surface area contributed by atoms with Crippen molar-refractivity contribution in [2.75, 3.05) is 11.9 Å². The molecule has 0 radical (unpaired) electrons. The minimum atomic E-state index is -0.376. The van der Waals surface area contributed by atoms with Gasteiger partial charge in [-0.25, -0.2) is 0 Å². The predicted octanol–water partition coefficient (Wildman–Crippen LogP) is 6.56. The molecular formula is C26H20Cl2N2O4S. The Labute approximate surface area is 216 Å². The lowest BCUT2D eigenvalue weighted by atomic mass is 10.2. The molecule has 0 aliphatic carbocycles. The molecule has 6 nitrogen and oxygen atoms in total. The van der Waals surface area contributed by atoms with Gasteiger partial charge in [-0.1, -0.05) is 59.1 Å². The Balaban J connectivity index is 1.34. The van der Waals surface area contributed by atoms with Crippen molar-refractivity contribution in [3.8, 4) is 5.75 Å².